The molecule has 0 aliphatic rings. The minimum absolute atomic E-state index is 0.592. The van der Waals surface area contributed by atoms with E-state index in [9.17, 15) is 4.79 Å². The van der Waals surface area contributed by atoms with E-state index in [-0.39, 0.29) is 0 Å². The van der Waals surface area contributed by atoms with E-state index in [1.165, 1.54) is 0 Å². The molecule has 0 saturated carbocycles. The summed E-state index contributed by atoms with van der Waals surface area (Å²) < 4.78 is 2.17. The number of aromatic nitrogens is 1. The largest absolute Gasteiger partial charge is 0.374 e. The quantitative estimate of drug-likeness (QED) is 0.585. The molecule has 0 atom stereocenters. The van der Waals surface area contributed by atoms with E-state index in [0.717, 1.165) is 35.1 Å². The van der Waals surface area contributed by atoms with E-state index in [0.29, 0.717) is 12.1 Å². The first-order chi connectivity index (χ1) is 11.3. The summed E-state index contributed by atoms with van der Waals surface area (Å²) in [5.41, 5.74) is 3.84. The number of rotatable bonds is 4. The molecule has 2 aromatic carbocycles. The van der Waals surface area contributed by atoms with Crippen LogP contribution < -0.4 is 5.32 Å². The minimum Gasteiger partial charge on any atom is -0.374 e. The molecule has 23 heavy (non-hydrogen) atoms. The van der Waals surface area contributed by atoms with Crippen LogP contribution in [0.15, 0.2) is 54.6 Å². The maximum Gasteiger partial charge on any atom is 0.150 e. The summed E-state index contributed by atoms with van der Waals surface area (Å²) in [6, 6.07) is 17.8. The van der Waals surface area contributed by atoms with Gasteiger partial charge in [-0.25, -0.2) is 0 Å². The van der Waals surface area contributed by atoms with Crippen LogP contribution in [0.2, 0.25) is 0 Å². The summed E-state index contributed by atoms with van der Waals surface area (Å²) in [5, 5.41) is 4.33. The lowest BCUT2D eigenvalue weighted by atomic mass is 10.2. The van der Waals surface area contributed by atoms with E-state index in [2.05, 4.69) is 28.6 Å². The molecule has 0 amide bonds. The Balaban J connectivity index is 1.82. The molecule has 3 aromatic rings. The monoisotopic (exact) mass is 302 g/mol. The number of hydrogen-bond donors (Lipinski definition) is 1. The first-order valence-corrected chi connectivity index (χ1v) is 7.68. The fourth-order valence-corrected chi connectivity index (χ4v) is 2.64. The summed E-state index contributed by atoms with van der Waals surface area (Å²) >= 11 is 0. The molecule has 0 radical (unpaired) electrons. The Morgan fingerprint density at radius 3 is 2.70 bits per heavy atom. The summed E-state index contributed by atoms with van der Waals surface area (Å²) in [4.78, 5) is 10.9. The van der Waals surface area contributed by atoms with Crippen molar-refractivity contribution in [1.29, 1.82) is 0 Å². The third kappa shape index (κ3) is 3.27. The molecule has 3 heteroatoms. The van der Waals surface area contributed by atoms with Crippen LogP contribution in [0.5, 0.6) is 0 Å². The molecule has 0 aliphatic heterocycles. The van der Waals surface area contributed by atoms with Crippen molar-refractivity contribution in [3.63, 3.8) is 0 Å². The van der Waals surface area contributed by atoms with Crippen molar-refractivity contribution in [2.24, 2.45) is 0 Å². The van der Waals surface area contributed by atoms with Crippen molar-refractivity contribution < 1.29 is 4.79 Å². The normalized spacial score (nSPS) is 10.1. The number of para-hydroxylation sites is 1. The van der Waals surface area contributed by atoms with Crippen molar-refractivity contribution in [2.45, 2.75) is 13.5 Å². The first-order valence-electron chi connectivity index (χ1n) is 7.68. The zero-order valence-electron chi connectivity index (χ0n) is 13.0. The Bertz CT molecular complexity index is 882. The van der Waals surface area contributed by atoms with Gasteiger partial charge in [0.15, 0.2) is 0 Å². The molecule has 3 rings (SSSR count). The Morgan fingerprint density at radius 1 is 1.13 bits per heavy atom. The molecule has 3 nitrogen and oxygen atoms in total. The number of nitrogens with one attached hydrogen (secondary N) is 1. The lowest BCUT2D eigenvalue weighted by Crippen LogP contribution is -2.00. The zero-order chi connectivity index (χ0) is 16.1. The Labute approximate surface area is 135 Å². The van der Waals surface area contributed by atoms with Gasteiger partial charge in [-0.05, 0) is 49.2 Å². The van der Waals surface area contributed by atoms with Crippen molar-refractivity contribution in [2.75, 3.05) is 11.9 Å². The Kier molecular flexibility index (Phi) is 4.44. The SMILES string of the molecule is CCn1c(C#CCNc2ccccc2)cc2cc(C=O)ccc21. The molecular weight excluding hydrogens is 284 g/mol. The number of aldehydes is 1. The van der Waals surface area contributed by atoms with Gasteiger partial charge in [0.1, 0.15) is 6.29 Å². The van der Waals surface area contributed by atoms with E-state index in [1.807, 2.05) is 54.6 Å². The number of hydrogen-bond acceptors (Lipinski definition) is 2. The highest BCUT2D eigenvalue weighted by Crippen LogP contribution is 2.20. The number of fused-ring (bicyclic) bond motifs is 1. The van der Waals surface area contributed by atoms with Crippen LogP contribution in [0.3, 0.4) is 0 Å². The van der Waals surface area contributed by atoms with Crippen molar-refractivity contribution in [3.8, 4) is 11.8 Å². The van der Waals surface area contributed by atoms with Gasteiger partial charge in [-0.3, -0.25) is 4.79 Å². The van der Waals surface area contributed by atoms with Gasteiger partial charge in [0, 0.05) is 28.7 Å². The smallest absolute Gasteiger partial charge is 0.150 e. The van der Waals surface area contributed by atoms with Crippen LogP contribution in [-0.4, -0.2) is 17.4 Å². The Morgan fingerprint density at radius 2 is 1.96 bits per heavy atom. The van der Waals surface area contributed by atoms with Gasteiger partial charge in [-0.2, -0.15) is 0 Å². The summed E-state index contributed by atoms with van der Waals surface area (Å²) in [6.07, 6.45) is 0.873. The molecule has 0 aliphatic carbocycles. The van der Waals surface area contributed by atoms with Crippen LogP contribution >= 0.6 is 0 Å². The van der Waals surface area contributed by atoms with E-state index in [4.69, 9.17) is 0 Å². The average molecular weight is 302 g/mol. The summed E-state index contributed by atoms with van der Waals surface area (Å²) in [5.74, 6) is 6.39. The molecule has 0 bridgehead atoms. The second kappa shape index (κ2) is 6.85. The predicted molar refractivity (Wildman–Crippen MR) is 94.8 cm³/mol. The fraction of sp³-hybridized carbons (Fsp3) is 0.150. The predicted octanol–water partition coefficient (Wildman–Crippen LogP) is 3.94. The van der Waals surface area contributed by atoms with E-state index < -0.39 is 0 Å². The topological polar surface area (TPSA) is 34.0 Å². The van der Waals surface area contributed by atoms with Crippen LogP contribution in [0.25, 0.3) is 10.9 Å². The number of anilines is 1. The highest BCUT2D eigenvalue weighted by Gasteiger charge is 2.06. The molecule has 1 aromatic heterocycles. The van der Waals surface area contributed by atoms with Crippen LogP contribution in [0.1, 0.15) is 23.0 Å². The van der Waals surface area contributed by atoms with Crippen LogP contribution in [-0.2, 0) is 6.54 Å². The van der Waals surface area contributed by atoms with Crippen LogP contribution in [0.4, 0.5) is 5.69 Å². The van der Waals surface area contributed by atoms with Gasteiger partial charge in [-0.15, -0.1) is 0 Å². The maximum absolute atomic E-state index is 10.9. The minimum atomic E-state index is 0.592. The van der Waals surface area contributed by atoms with Gasteiger partial charge < -0.3 is 9.88 Å². The molecule has 0 unspecified atom stereocenters. The molecule has 114 valence electrons. The van der Waals surface area contributed by atoms with Gasteiger partial charge in [0.25, 0.3) is 0 Å². The molecule has 0 saturated heterocycles. The third-order valence-corrected chi connectivity index (χ3v) is 3.75. The van der Waals surface area contributed by atoms with Gasteiger partial charge in [0.2, 0.25) is 0 Å². The number of aryl methyl sites for hydroxylation is 1. The molecule has 1 N–H and O–H groups in total. The zero-order valence-corrected chi connectivity index (χ0v) is 13.0. The van der Waals surface area contributed by atoms with Crippen molar-refractivity contribution >= 4 is 22.9 Å². The number of nitrogens with zero attached hydrogens (tertiary/aromatic N) is 1. The number of benzene rings is 2. The number of carbonyl (C=O) groups is 1. The van der Waals surface area contributed by atoms with Gasteiger partial charge >= 0.3 is 0 Å². The first kappa shape index (κ1) is 14.9. The lowest BCUT2D eigenvalue weighted by Gasteiger charge is -2.03. The molecule has 0 spiro atoms. The molecule has 1 heterocycles. The average Bonchev–Trinajstić information content (AvgIpc) is 2.96. The van der Waals surface area contributed by atoms with Crippen molar-refractivity contribution in [1.82, 2.24) is 4.57 Å². The molecular formula is C20H18N2O. The van der Waals surface area contributed by atoms with Gasteiger partial charge in [-0.1, -0.05) is 24.1 Å². The Hall–Kier alpha value is -2.99. The van der Waals surface area contributed by atoms with Crippen LogP contribution in [0, 0.1) is 11.8 Å². The lowest BCUT2D eigenvalue weighted by molar-refractivity contribution is 0.112. The standard InChI is InChI=1S/C20H18N2O/c1-2-22-19(9-6-12-21-18-7-4-3-5-8-18)14-17-13-16(15-23)10-11-20(17)22/h3-5,7-8,10-11,13-15,21H,2,12H2,1H3. The maximum atomic E-state index is 10.9. The van der Waals surface area contributed by atoms with Gasteiger partial charge in [0.05, 0.1) is 12.2 Å². The van der Waals surface area contributed by atoms with Crippen molar-refractivity contribution in [3.05, 3.63) is 65.9 Å². The summed E-state index contributed by atoms with van der Waals surface area (Å²) in [6.45, 7) is 3.54. The second-order valence-electron chi connectivity index (χ2n) is 5.23. The van der Waals surface area contributed by atoms with E-state index >= 15 is 0 Å². The highest BCUT2D eigenvalue weighted by atomic mass is 16.1. The number of carbonyl (C=O) groups excluding carboxylic acids is 1. The third-order valence-electron chi connectivity index (χ3n) is 3.75. The fourth-order valence-electron chi connectivity index (χ4n) is 2.64. The summed E-state index contributed by atoms with van der Waals surface area (Å²) in [7, 11) is 0. The highest BCUT2D eigenvalue weighted by molar-refractivity contribution is 5.88. The second-order valence-corrected chi connectivity index (χ2v) is 5.23. The molecule has 0 fully saturated rings. The van der Waals surface area contributed by atoms with E-state index in [1.54, 1.807) is 0 Å².